The van der Waals surface area contributed by atoms with Crippen LogP contribution >= 0.6 is 15.6 Å². The van der Waals surface area contributed by atoms with Crippen LogP contribution in [0.3, 0.4) is 0 Å². The monoisotopic (exact) mass is 541 g/mol. The molecule has 3 heterocycles. The number of nitrogens with two attached hydrogens (primary N) is 1. The number of nitrogens with zero attached hydrogens (tertiary/aromatic N) is 4. The van der Waals surface area contributed by atoms with Gasteiger partial charge in [0.05, 0.1) is 12.9 Å². The van der Waals surface area contributed by atoms with Crippen LogP contribution in [0.1, 0.15) is 6.23 Å². The standard InChI is InChI=1S/C10H14N5O11PS.H3O4P/c11-7-5-8(13-2-12-7)15(3-14-5)9-6(16)10(17,26-28(21,22)23)4(25-9)1-24-27(18,19)20;1-5(2,3)4/h2-4,6,9,16-17H,1H2,(H2,11,12,13)(H2,18,19,20)(H,21,22,23);(H3,1,2,3,4)/t4-,6+,9-,10+;/m1./s1. The molecule has 1 fully saturated rings. The Labute approximate surface area is 182 Å². The van der Waals surface area contributed by atoms with Gasteiger partial charge in [0, 0.05) is 0 Å². The quantitative estimate of drug-likeness (QED) is 0.0966. The van der Waals surface area contributed by atoms with E-state index < -0.39 is 56.9 Å². The molecule has 3 rings (SSSR count). The summed E-state index contributed by atoms with van der Waals surface area (Å²) in [5.74, 6) is -3.20. The summed E-state index contributed by atoms with van der Waals surface area (Å²) in [4.78, 5) is 50.7. The van der Waals surface area contributed by atoms with Crippen molar-refractivity contribution in [2.75, 3.05) is 12.3 Å². The van der Waals surface area contributed by atoms with Gasteiger partial charge in [0.2, 0.25) is 5.79 Å². The van der Waals surface area contributed by atoms with Gasteiger partial charge in [-0.05, 0) is 0 Å². The molecule has 33 heavy (non-hydrogen) atoms. The molecule has 0 spiro atoms. The molecule has 188 valence electrons. The molecule has 0 amide bonds. The summed E-state index contributed by atoms with van der Waals surface area (Å²) >= 11 is 0. The zero-order valence-corrected chi connectivity index (χ0v) is 18.3. The number of hydrogen-bond acceptors (Lipinski definition) is 13. The van der Waals surface area contributed by atoms with Crippen molar-refractivity contribution < 1.29 is 70.2 Å². The van der Waals surface area contributed by atoms with Crippen molar-refractivity contribution in [3.05, 3.63) is 12.7 Å². The summed E-state index contributed by atoms with van der Waals surface area (Å²) in [6, 6.07) is 0. The molecule has 0 aromatic carbocycles. The fourth-order valence-corrected chi connectivity index (χ4v) is 3.48. The van der Waals surface area contributed by atoms with Crippen molar-refractivity contribution in [3.8, 4) is 0 Å². The van der Waals surface area contributed by atoms with Crippen molar-refractivity contribution in [1.29, 1.82) is 0 Å². The highest BCUT2D eigenvalue weighted by atomic mass is 32.3. The predicted octanol–water partition coefficient (Wildman–Crippen LogP) is -3.64. The van der Waals surface area contributed by atoms with Crippen molar-refractivity contribution in [2.45, 2.75) is 24.2 Å². The summed E-state index contributed by atoms with van der Waals surface area (Å²) in [7, 11) is -15.0. The van der Waals surface area contributed by atoms with Crippen LogP contribution in [0.2, 0.25) is 0 Å². The zero-order chi connectivity index (χ0) is 25.4. The first-order valence-electron chi connectivity index (χ1n) is 7.97. The van der Waals surface area contributed by atoms with Gasteiger partial charge in [0.25, 0.3) is 0 Å². The van der Waals surface area contributed by atoms with E-state index in [0.717, 1.165) is 17.2 Å². The maximum absolute atomic E-state index is 11.1. The minimum atomic E-state index is -5.34. The lowest BCUT2D eigenvalue weighted by atomic mass is 10.1. The molecule has 23 heteroatoms. The maximum atomic E-state index is 11.1. The first kappa shape index (κ1) is 27.6. The largest absolute Gasteiger partial charge is 0.469 e. The van der Waals surface area contributed by atoms with Gasteiger partial charge in [-0.1, -0.05) is 0 Å². The van der Waals surface area contributed by atoms with E-state index in [9.17, 15) is 23.2 Å². The number of nitrogen functional groups attached to an aromatic ring is 1. The number of aromatic nitrogens is 4. The van der Waals surface area contributed by atoms with Gasteiger partial charge in [0.1, 0.15) is 17.9 Å². The van der Waals surface area contributed by atoms with Gasteiger partial charge in [-0.25, -0.2) is 28.3 Å². The Morgan fingerprint density at radius 2 is 1.76 bits per heavy atom. The topological polar surface area (TPSA) is 327 Å². The smallest absolute Gasteiger partial charge is 0.383 e. The Balaban J connectivity index is 0.000000696. The highest BCUT2D eigenvalue weighted by molar-refractivity contribution is 7.80. The molecule has 10 N–H and O–H groups in total. The summed E-state index contributed by atoms with van der Waals surface area (Å²) in [6.45, 7) is -1.12. The summed E-state index contributed by atoms with van der Waals surface area (Å²) in [5, 5.41) is 20.9. The molecule has 0 unspecified atom stereocenters. The number of rotatable bonds is 6. The minimum absolute atomic E-state index is 0.0160. The molecule has 0 radical (unpaired) electrons. The van der Waals surface area contributed by atoms with Crippen LogP contribution in [0.25, 0.3) is 11.2 Å². The molecule has 0 aliphatic carbocycles. The number of ether oxygens (including phenoxy) is 1. The average Bonchev–Trinajstić information content (AvgIpc) is 3.11. The van der Waals surface area contributed by atoms with Crippen LogP contribution in [-0.4, -0.2) is 91.8 Å². The van der Waals surface area contributed by atoms with E-state index in [-0.39, 0.29) is 17.0 Å². The molecular formula is C10H17N5O15P2S. The number of phosphoric acid groups is 2. The van der Waals surface area contributed by atoms with Crippen LogP contribution in [0.15, 0.2) is 12.7 Å². The Kier molecular flexibility index (Phi) is 7.95. The normalized spacial score (nSPS) is 26.2. The Morgan fingerprint density at radius 3 is 2.27 bits per heavy atom. The molecule has 2 aromatic rings. The van der Waals surface area contributed by atoms with Crippen LogP contribution in [0.4, 0.5) is 5.82 Å². The van der Waals surface area contributed by atoms with Gasteiger partial charge in [-0.3, -0.25) is 13.6 Å². The van der Waals surface area contributed by atoms with Crippen LogP contribution in [0.5, 0.6) is 0 Å². The fourth-order valence-electron chi connectivity index (χ4n) is 2.60. The van der Waals surface area contributed by atoms with E-state index >= 15 is 0 Å². The fraction of sp³-hybridized carbons (Fsp3) is 0.500. The number of aliphatic hydroxyl groups is 2. The second-order valence-electron chi connectivity index (χ2n) is 6.11. The molecule has 20 nitrogen and oxygen atoms in total. The van der Waals surface area contributed by atoms with Crippen molar-refractivity contribution in [3.63, 3.8) is 0 Å². The molecule has 2 aromatic heterocycles. The van der Waals surface area contributed by atoms with Crippen molar-refractivity contribution in [2.24, 2.45) is 0 Å². The van der Waals surface area contributed by atoms with Gasteiger partial charge in [-0.15, -0.1) is 0 Å². The Morgan fingerprint density at radius 1 is 1.18 bits per heavy atom. The van der Waals surface area contributed by atoms with E-state index in [1.165, 1.54) is 0 Å². The average molecular weight is 541 g/mol. The SMILES string of the molecule is Nc1ncnc2c1ncn2[C@@H]1O[C@H](COP(=O)(O)O)[C@](O)(OS(=O)(=O)O)[C@H]1O.O=P(O)(O)O. The van der Waals surface area contributed by atoms with Crippen LogP contribution < -0.4 is 5.73 Å². The first-order valence-corrected chi connectivity index (χ1v) is 12.4. The number of hydrogen-bond donors (Lipinski definition) is 9. The molecule has 0 saturated carbocycles. The highest BCUT2D eigenvalue weighted by Crippen LogP contribution is 2.43. The van der Waals surface area contributed by atoms with Gasteiger partial charge in [0.15, 0.2) is 23.8 Å². The molecule has 4 atom stereocenters. The van der Waals surface area contributed by atoms with E-state index in [2.05, 4.69) is 23.7 Å². The number of phosphoric ester groups is 1. The lowest BCUT2D eigenvalue weighted by Gasteiger charge is -2.28. The van der Waals surface area contributed by atoms with Gasteiger partial charge >= 0.3 is 26.0 Å². The third kappa shape index (κ3) is 7.40. The van der Waals surface area contributed by atoms with E-state index in [1.54, 1.807) is 0 Å². The van der Waals surface area contributed by atoms with Crippen molar-refractivity contribution in [1.82, 2.24) is 19.5 Å². The van der Waals surface area contributed by atoms with Gasteiger partial charge < -0.3 is 45.2 Å². The number of imidazole rings is 1. The molecular weight excluding hydrogens is 524 g/mol. The predicted molar refractivity (Wildman–Crippen MR) is 99.5 cm³/mol. The maximum Gasteiger partial charge on any atom is 0.469 e. The van der Waals surface area contributed by atoms with E-state index in [4.69, 9.17) is 44.1 Å². The third-order valence-corrected chi connectivity index (χ3v) is 4.72. The number of aliphatic hydroxyl groups excluding tert-OH is 1. The lowest BCUT2D eigenvalue weighted by molar-refractivity contribution is -0.216. The summed E-state index contributed by atoms with van der Waals surface area (Å²) in [5.41, 5.74) is 5.75. The second kappa shape index (κ2) is 9.52. The van der Waals surface area contributed by atoms with Crippen molar-refractivity contribution >= 4 is 43.0 Å². The van der Waals surface area contributed by atoms with E-state index in [1.807, 2.05) is 0 Å². The first-order chi connectivity index (χ1) is 14.8. The highest BCUT2D eigenvalue weighted by Gasteiger charge is 2.60. The number of fused-ring (bicyclic) bond motifs is 1. The Hall–Kier alpha value is -1.68. The lowest BCUT2D eigenvalue weighted by Crippen LogP contribution is -2.52. The number of anilines is 1. The summed E-state index contributed by atoms with van der Waals surface area (Å²) in [6.07, 6.45) is -3.68. The molecule has 1 saturated heterocycles. The van der Waals surface area contributed by atoms with Gasteiger partial charge in [-0.2, -0.15) is 8.42 Å². The zero-order valence-electron chi connectivity index (χ0n) is 15.7. The third-order valence-electron chi connectivity index (χ3n) is 3.75. The van der Waals surface area contributed by atoms with E-state index in [0.29, 0.717) is 0 Å². The molecule has 0 bridgehead atoms. The Bertz CT molecular complexity index is 1190. The van der Waals surface area contributed by atoms with Crippen LogP contribution in [0, 0.1) is 0 Å². The minimum Gasteiger partial charge on any atom is -0.383 e. The second-order valence-corrected chi connectivity index (χ2v) is 9.39. The van der Waals surface area contributed by atoms with Crippen LogP contribution in [-0.2, 0) is 33.0 Å². The molecule has 1 aliphatic rings. The molecule has 1 aliphatic heterocycles. The summed E-state index contributed by atoms with van der Waals surface area (Å²) < 4.78 is 65.5.